The second-order valence-corrected chi connectivity index (χ2v) is 4.55. The first-order chi connectivity index (χ1) is 8.11. The van der Waals surface area contributed by atoms with Crippen LogP contribution in [0.25, 0.3) is 0 Å². The third-order valence-corrected chi connectivity index (χ3v) is 3.27. The highest BCUT2D eigenvalue weighted by Gasteiger charge is 2.27. The number of aromatic hydroxyl groups is 1. The number of likely N-dealkylation sites (N-methyl/N-ethyl adjacent to an activating group) is 1. The van der Waals surface area contributed by atoms with Crippen LogP contribution in [0.1, 0.15) is 22.3 Å². The van der Waals surface area contributed by atoms with Crippen LogP contribution in [0.5, 0.6) is 5.75 Å². The highest BCUT2D eigenvalue weighted by molar-refractivity contribution is 5.97. The van der Waals surface area contributed by atoms with Crippen molar-refractivity contribution in [3.8, 4) is 5.75 Å². The first-order valence-electron chi connectivity index (χ1n) is 5.88. The summed E-state index contributed by atoms with van der Waals surface area (Å²) in [7, 11) is 1.91. The quantitative estimate of drug-likeness (QED) is 0.806. The van der Waals surface area contributed by atoms with Gasteiger partial charge in [0.25, 0.3) is 5.91 Å². The number of benzene rings is 1. The highest BCUT2D eigenvalue weighted by atomic mass is 16.3. The zero-order chi connectivity index (χ0) is 12.4. The molecule has 4 nitrogen and oxygen atoms in total. The van der Waals surface area contributed by atoms with Gasteiger partial charge in [0.2, 0.25) is 0 Å². The molecule has 17 heavy (non-hydrogen) atoms. The molecule has 0 aromatic heterocycles. The van der Waals surface area contributed by atoms with Gasteiger partial charge in [-0.1, -0.05) is 11.6 Å². The number of likely N-dealkylation sites (tertiary alicyclic amines) is 1. The summed E-state index contributed by atoms with van der Waals surface area (Å²) in [5.74, 6) is -0.0162. The Kier molecular flexibility index (Phi) is 3.33. The minimum atomic E-state index is -0.0797. The summed E-state index contributed by atoms with van der Waals surface area (Å²) < 4.78 is 0. The van der Waals surface area contributed by atoms with Crippen LogP contribution in [0.2, 0.25) is 0 Å². The number of phenols is 1. The topological polar surface area (TPSA) is 52.6 Å². The predicted molar refractivity (Wildman–Crippen MR) is 66.2 cm³/mol. The summed E-state index contributed by atoms with van der Waals surface area (Å²) in [4.78, 5) is 14.0. The van der Waals surface area contributed by atoms with Gasteiger partial charge in [-0.3, -0.25) is 4.79 Å². The molecule has 1 atom stereocenters. The van der Waals surface area contributed by atoms with E-state index < -0.39 is 0 Å². The number of hydrogen-bond acceptors (Lipinski definition) is 3. The number of nitrogens with zero attached hydrogens (tertiary/aromatic N) is 1. The lowest BCUT2D eigenvalue weighted by atomic mass is 10.1. The van der Waals surface area contributed by atoms with Gasteiger partial charge in [-0.25, -0.2) is 0 Å². The van der Waals surface area contributed by atoms with Crippen molar-refractivity contribution < 1.29 is 9.90 Å². The maximum Gasteiger partial charge on any atom is 0.257 e. The van der Waals surface area contributed by atoms with Gasteiger partial charge in [-0.05, 0) is 32.5 Å². The number of phenolic OH excluding ortho intramolecular Hbond substituents is 1. The van der Waals surface area contributed by atoms with Crippen LogP contribution in [0.15, 0.2) is 18.2 Å². The van der Waals surface area contributed by atoms with Gasteiger partial charge in [0.1, 0.15) is 5.75 Å². The molecule has 92 valence electrons. The van der Waals surface area contributed by atoms with Gasteiger partial charge in [0, 0.05) is 19.1 Å². The van der Waals surface area contributed by atoms with Crippen LogP contribution in [-0.2, 0) is 0 Å². The van der Waals surface area contributed by atoms with Crippen molar-refractivity contribution in [1.82, 2.24) is 10.2 Å². The van der Waals surface area contributed by atoms with Crippen molar-refractivity contribution in [3.05, 3.63) is 29.3 Å². The van der Waals surface area contributed by atoms with Gasteiger partial charge in [0.05, 0.1) is 5.56 Å². The Bertz CT molecular complexity index is 431. The molecule has 1 unspecified atom stereocenters. The SMILES string of the molecule is CNC1CCN(C(=O)c2cc(C)ccc2O)C1. The van der Waals surface area contributed by atoms with Gasteiger partial charge in [-0.2, -0.15) is 0 Å². The number of amides is 1. The van der Waals surface area contributed by atoms with Crippen LogP contribution in [0, 0.1) is 6.92 Å². The molecule has 1 amide bonds. The van der Waals surface area contributed by atoms with E-state index in [2.05, 4.69) is 5.32 Å². The van der Waals surface area contributed by atoms with Gasteiger partial charge in [-0.15, -0.1) is 0 Å². The van der Waals surface area contributed by atoms with E-state index in [1.807, 2.05) is 14.0 Å². The van der Waals surface area contributed by atoms with E-state index >= 15 is 0 Å². The molecule has 0 radical (unpaired) electrons. The molecule has 1 aliphatic rings. The molecule has 1 saturated heterocycles. The van der Waals surface area contributed by atoms with Crippen molar-refractivity contribution in [2.75, 3.05) is 20.1 Å². The molecule has 2 rings (SSSR count). The fraction of sp³-hybridized carbons (Fsp3) is 0.462. The summed E-state index contributed by atoms with van der Waals surface area (Å²) in [6, 6.07) is 5.48. The van der Waals surface area contributed by atoms with Crippen molar-refractivity contribution in [2.45, 2.75) is 19.4 Å². The van der Waals surface area contributed by atoms with Gasteiger partial charge < -0.3 is 15.3 Å². The fourth-order valence-corrected chi connectivity index (χ4v) is 2.17. The van der Waals surface area contributed by atoms with Crippen molar-refractivity contribution in [2.24, 2.45) is 0 Å². The predicted octanol–water partition coefficient (Wildman–Crippen LogP) is 1.13. The lowest BCUT2D eigenvalue weighted by Crippen LogP contribution is -2.33. The Morgan fingerprint density at radius 1 is 1.53 bits per heavy atom. The summed E-state index contributed by atoms with van der Waals surface area (Å²) >= 11 is 0. The minimum absolute atomic E-state index is 0.0634. The van der Waals surface area contributed by atoms with E-state index in [1.54, 1.807) is 23.1 Å². The summed E-state index contributed by atoms with van der Waals surface area (Å²) in [5, 5.41) is 12.9. The number of carbonyl (C=O) groups is 1. The van der Waals surface area contributed by atoms with E-state index in [0.29, 0.717) is 18.2 Å². The average Bonchev–Trinajstić information content (AvgIpc) is 2.80. The summed E-state index contributed by atoms with van der Waals surface area (Å²) in [5.41, 5.74) is 1.39. The van der Waals surface area contributed by atoms with E-state index in [9.17, 15) is 9.90 Å². The molecule has 0 spiro atoms. The Morgan fingerprint density at radius 3 is 2.94 bits per heavy atom. The molecule has 0 saturated carbocycles. The standard InChI is InChI=1S/C13H18N2O2/c1-9-3-4-12(16)11(7-9)13(17)15-6-5-10(8-15)14-2/h3-4,7,10,14,16H,5-6,8H2,1-2H3. The second kappa shape index (κ2) is 4.75. The fourth-order valence-electron chi connectivity index (χ4n) is 2.17. The zero-order valence-electron chi connectivity index (χ0n) is 10.2. The van der Waals surface area contributed by atoms with E-state index in [0.717, 1.165) is 18.5 Å². The molecule has 1 heterocycles. The molecule has 0 bridgehead atoms. The van der Waals surface area contributed by atoms with Crippen LogP contribution in [-0.4, -0.2) is 42.1 Å². The van der Waals surface area contributed by atoms with Crippen molar-refractivity contribution >= 4 is 5.91 Å². The first kappa shape index (κ1) is 11.9. The largest absolute Gasteiger partial charge is 0.507 e. The molecule has 1 aliphatic heterocycles. The second-order valence-electron chi connectivity index (χ2n) is 4.55. The first-order valence-corrected chi connectivity index (χ1v) is 5.88. The van der Waals surface area contributed by atoms with Crippen LogP contribution < -0.4 is 5.32 Å². The Labute approximate surface area is 101 Å². The van der Waals surface area contributed by atoms with E-state index in [-0.39, 0.29) is 11.7 Å². The number of carbonyl (C=O) groups excluding carboxylic acids is 1. The smallest absolute Gasteiger partial charge is 0.257 e. The highest BCUT2D eigenvalue weighted by Crippen LogP contribution is 2.22. The third kappa shape index (κ3) is 2.42. The molecule has 1 aromatic rings. The normalized spacial score (nSPS) is 19.6. The monoisotopic (exact) mass is 234 g/mol. The molecular weight excluding hydrogens is 216 g/mol. The van der Waals surface area contributed by atoms with Crippen LogP contribution in [0.3, 0.4) is 0 Å². The average molecular weight is 234 g/mol. The van der Waals surface area contributed by atoms with Gasteiger partial charge in [0.15, 0.2) is 0 Å². The Balaban J connectivity index is 2.17. The number of rotatable bonds is 2. The molecular formula is C13H18N2O2. The third-order valence-electron chi connectivity index (χ3n) is 3.27. The molecule has 1 fully saturated rings. The molecule has 1 aromatic carbocycles. The van der Waals surface area contributed by atoms with Crippen molar-refractivity contribution in [3.63, 3.8) is 0 Å². The van der Waals surface area contributed by atoms with Gasteiger partial charge >= 0.3 is 0 Å². The zero-order valence-corrected chi connectivity index (χ0v) is 10.2. The molecule has 4 heteroatoms. The number of aryl methyl sites for hydroxylation is 1. The van der Waals surface area contributed by atoms with E-state index in [1.165, 1.54) is 0 Å². The number of nitrogens with one attached hydrogen (secondary N) is 1. The minimum Gasteiger partial charge on any atom is -0.507 e. The molecule has 2 N–H and O–H groups in total. The molecule has 0 aliphatic carbocycles. The summed E-state index contributed by atoms with van der Waals surface area (Å²) in [6.45, 7) is 3.37. The Morgan fingerprint density at radius 2 is 2.29 bits per heavy atom. The van der Waals surface area contributed by atoms with Crippen LogP contribution >= 0.6 is 0 Å². The lowest BCUT2D eigenvalue weighted by Gasteiger charge is -2.17. The van der Waals surface area contributed by atoms with Crippen molar-refractivity contribution in [1.29, 1.82) is 0 Å². The maximum absolute atomic E-state index is 12.2. The Hall–Kier alpha value is -1.55. The maximum atomic E-state index is 12.2. The lowest BCUT2D eigenvalue weighted by molar-refractivity contribution is 0.0786. The van der Waals surface area contributed by atoms with Crippen LogP contribution in [0.4, 0.5) is 0 Å². The number of hydrogen-bond donors (Lipinski definition) is 2. The summed E-state index contributed by atoms with van der Waals surface area (Å²) in [6.07, 6.45) is 0.967. The van der Waals surface area contributed by atoms with E-state index in [4.69, 9.17) is 0 Å².